The summed E-state index contributed by atoms with van der Waals surface area (Å²) in [4.78, 5) is 35.0. The van der Waals surface area contributed by atoms with E-state index in [1.165, 1.54) is 21.6 Å². The molecule has 2 heterocycles. The van der Waals surface area contributed by atoms with Crippen molar-refractivity contribution in [3.8, 4) is 5.75 Å². The lowest BCUT2D eigenvalue weighted by molar-refractivity contribution is -0.386. The van der Waals surface area contributed by atoms with Crippen LogP contribution in [0.4, 0.5) is 21.5 Å². The second kappa shape index (κ2) is 9.82. The van der Waals surface area contributed by atoms with Gasteiger partial charge in [-0.15, -0.1) is 0 Å². The number of carbonyl (C=O) groups is 2. The monoisotopic (exact) mass is 479 g/mol. The highest BCUT2D eigenvalue weighted by molar-refractivity contribution is 6.04. The maximum atomic E-state index is 13.4. The van der Waals surface area contributed by atoms with Crippen molar-refractivity contribution in [3.05, 3.63) is 94.3 Å². The molecule has 35 heavy (non-hydrogen) atoms. The number of ether oxygens (including phenoxy) is 1. The number of nitro groups is 1. The zero-order valence-corrected chi connectivity index (χ0v) is 18.2. The maximum absolute atomic E-state index is 13.4. The fraction of sp³-hybridized carbons (Fsp3) is 0.0909. The standard InChI is InChI=1S/C22H18FN7O5/c1-28-10-8-17(26-28)21(31)24-15-3-5-16(6-4-15)25-22(32)18-9-11-29(27-18)13-35-20-12-14(23)2-7-19(20)30(33)34/h2-12H,13H2,1H3,(H,24,31)(H,25,32). The highest BCUT2D eigenvalue weighted by Gasteiger charge is 2.17. The van der Waals surface area contributed by atoms with Crippen LogP contribution < -0.4 is 15.4 Å². The quantitative estimate of drug-likeness (QED) is 0.291. The Bertz CT molecular complexity index is 1400. The van der Waals surface area contributed by atoms with Gasteiger partial charge in [0.05, 0.1) is 4.92 Å². The highest BCUT2D eigenvalue weighted by atomic mass is 19.1. The van der Waals surface area contributed by atoms with Crippen LogP contribution in [-0.2, 0) is 13.8 Å². The molecular formula is C22H18FN7O5. The summed E-state index contributed by atoms with van der Waals surface area (Å²) in [5.74, 6) is -1.82. The van der Waals surface area contributed by atoms with E-state index in [1.54, 1.807) is 43.6 Å². The molecule has 0 saturated heterocycles. The first-order valence-electron chi connectivity index (χ1n) is 10.1. The van der Waals surface area contributed by atoms with Gasteiger partial charge in [0.1, 0.15) is 5.82 Å². The molecule has 12 nitrogen and oxygen atoms in total. The number of benzene rings is 2. The average molecular weight is 479 g/mol. The second-order valence-corrected chi connectivity index (χ2v) is 7.24. The van der Waals surface area contributed by atoms with Crippen LogP contribution in [0, 0.1) is 15.9 Å². The lowest BCUT2D eigenvalue weighted by atomic mass is 10.2. The van der Waals surface area contributed by atoms with Gasteiger partial charge in [0.2, 0.25) is 5.75 Å². The Morgan fingerprint density at radius 1 is 0.971 bits per heavy atom. The molecule has 4 rings (SSSR count). The van der Waals surface area contributed by atoms with Crippen LogP contribution >= 0.6 is 0 Å². The largest absolute Gasteiger partial charge is 0.464 e. The third-order valence-electron chi connectivity index (χ3n) is 4.69. The second-order valence-electron chi connectivity index (χ2n) is 7.24. The predicted octanol–water partition coefficient (Wildman–Crippen LogP) is 3.21. The van der Waals surface area contributed by atoms with Crippen LogP contribution in [0.15, 0.2) is 67.0 Å². The zero-order chi connectivity index (χ0) is 24.9. The first-order chi connectivity index (χ1) is 16.8. The molecule has 4 aromatic rings. The van der Waals surface area contributed by atoms with Crippen LogP contribution in [0.1, 0.15) is 21.0 Å². The molecule has 0 aliphatic heterocycles. The minimum Gasteiger partial charge on any atom is -0.464 e. The van der Waals surface area contributed by atoms with Gasteiger partial charge in [-0.1, -0.05) is 0 Å². The molecule has 0 aliphatic rings. The molecule has 2 aromatic heterocycles. The number of hydrogen-bond donors (Lipinski definition) is 2. The number of nitro benzene ring substituents is 1. The topological polar surface area (TPSA) is 146 Å². The molecular weight excluding hydrogens is 461 g/mol. The Hall–Kier alpha value is -5.07. The third-order valence-corrected chi connectivity index (χ3v) is 4.69. The fourth-order valence-electron chi connectivity index (χ4n) is 3.01. The molecule has 2 N–H and O–H groups in total. The van der Waals surface area contributed by atoms with Gasteiger partial charge in [0, 0.05) is 42.9 Å². The van der Waals surface area contributed by atoms with E-state index in [4.69, 9.17) is 4.74 Å². The zero-order valence-electron chi connectivity index (χ0n) is 18.2. The Morgan fingerprint density at radius 3 is 2.14 bits per heavy atom. The summed E-state index contributed by atoms with van der Waals surface area (Å²) < 4.78 is 21.5. The van der Waals surface area contributed by atoms with Crippen molar-refractivity contribution in [2.45, 2.75) is 6.73 Å². The summed E-state index contributed by atoms with van der Waals surface area (Å²) in [5.41, 5.74) is 0.932. The third kappa shape index (κ3) is 5.65. The first-order valence-corrected chi connectivity index (χ1v) is 10.1. The number of hydrogen-bond acceptors (Lipinski definition) is 7. The van der Waals surface area contributed by atoms with Gasteiger partial charge >= 0.3 is 5.69 Å². The van der Waals surface area contributed by atoms with Crippen LogP contribution in [0.25, 0.3) is 0 Å². The van der Waals surface area contributed by atoms with Gasteiger partial charge in [0.25, 0.3) is 11.8 Å². The van der Waals surface area contributed by atoms with Crippen molar-refractivity contribution < 1.29 is 23.6 Å². The molecule has 13 heteroatoms. The number of halogens is 1. The summed E-state index contributed by atoms with van der Waals surface area (Å²) >= 11 is 0. The summed E-state index contributed by atoms with van der Waals surface area (Å²) in [6.07, 6.45) is 3.10. The Labute approximate surface area is 197 Å². The summed E-state index contributed by atoms with van der Waals surface area (Å²) in [5, 5.41) is 24.5. The van der Waals surface area contributed by atoms with E-state index in [1.807, 2.05) is 0 Å². The number of carbonyl (C=O) groups excluding carboxylic acids is 2. The summed E-state index contributed by atoms with van der Waals surface area (Å²) in [6, 6.07) is 12.3. The highest BCUT2D eigenvalue weighted by Crippen LogP contribution is 2.27. The van der Waals surface area contributed by atoms with Crippen LogP contribution in [-0.4, -0.2) is 36.3 Å². The summed E-state index contributed by atoms with van der Waals surface area (Å²) in [7, 11) is 1.71. The van der Waals surface area contributed by atoms with Crippen molar-refractivity contribution in [3.63, 3.8) is 0 Å². The molecule has 178 valence electrons. The Morgan fingerprint density at radius 2 is 1.57 bits per heavy atom. The van der Waals surface area contributed by atoms with Crippen molar-refractivity contribution in [2.75, 3.05) is 10.6 Å². The van der Waals surface area contributed by atoms with Crippen molar-refractivity contribution in [2.24, 2.45) is 7.05 Å². The normalized spacial score (nSPS) is 10.6. The SMILES string of the molecule is Cn1ccc(C(=O)Nc2ccc(NC(=O)c3ccn(COc4cc(F)ccc4[N+](=O)[O-])n3)cc2)n1. The molecule has 2 aromatic carbocycles. The Balaban J connectivity index is 1.34. The molecule has 0 spiro atoms. The number of aryl methyl sites for hydroxylation is 1. The van der Waals surface area contributed by atoms with E-state index in [9.17, 15) is 24.1 Å². The molecule has 0 bridgehead atoms. The van der Waals surface area contributed by atoms with E-state index in [0.717, 1.165) is 18.2 Å². The summed E-state index contributed by atoms with van der Waals surface area (Å²) in [6.45, 7) is -0.276. The van der Waals surface area contributed by atoms with Gasteiger partial charge in [0.15, 0.2) is 18.1 Å². The first kappa shape index (κ1) is 23.1. The van der Waals surface area contributed by atoms with E-state index in [2.05, 4.69) is 20.8 Å². The maximum Gasteiger partial charge on any atom is 0.311 e. The van der Waals surface area contributed by atoms with Crippen molar-refractivity contribution in [1.82, 2.24) is 19.6 Å². The van der Waals surface area contributed by atoms with Gasteiger partial charge in [-0.25, -0.2) is 9.07 Å². The van der Waals surface area contributed by atoms with E-state index >= 15 is 0 Å². The molecule has 0 unspecified atom stereocenters. The van der Waals surface area contributed by atoms with E-state index < -0.39 is 22.3 Å². The Kier molecular flexibility index (Phi) is 6.48. The van der Waals surface area contributed by atoms with Gasteiger partial charge in [-0.05, 0) is 42.5 Å². The average Bonchev–Trinajstić information content (AvgIpc) is 3.48. The minimum absolute atomic E-state index is 0.0647. The number of aromatic nitrogens is 4. The number of amides is 2. The van der Waals surface area contributed by atoms with Crippen LogP contribution in [0.3, 0.4) is 0 Å². The van der Waals surface area contributed by atoms with Gasteiger partial charge in [-0.2, -0.15) is 10.2 Å². The van der Waals surface area contributed by atoms with E-state index in [0.29, 0.717) is 11.4 Å². The molecule has 0 radical (unpaired) electrons. The van der Waals surface area contributed by atoms with Crippen molar-refractivity contribution in [1.29, 1.82) is 0 Å². The molecule has 0 fully saturated rings. The molecule has 2 amide bonds. The van der Waals surface area contributed by atoms with E-state index in [-0.39, 0.29) is 29.8 Å². The minimum atomic E-state index is -0.688. The number of rotatable bonds is 8. The van der Waals surface area contributed by atoms with Crippen LogP contribution in [0.2, 0.25) is 0 Å². The number of nitrogens with one attached hydrogen (secondary N) is 2. The smallest absolute Gasteiger partial charge is 0.311 e. The molecule has 0 saturated carbocycles. The van der Waals surface area contributed by atoms with Crippen LogP contribution in [0.5, 0.6) is 5.75 Å². The van der Waals surface area contributed by atoms with Gasteiger partial charge < -0.3 is 15.4 Å². The van der Waals surface area contributed by atoms with Gasteiger partial charge in [-0.3, -0.25) is 24.4 Å². The fourth-order valence-corrected chi connectivity index (χ4v) is 3.01. The lowest BCUT2D eigenvalue weighted by Gasteiger charge is -2.07. The molecule has 0 atom stereocenters. The van der Waals surface area contributed by atoms with Crippen molar-refractivity contribution >= 4 is 28.9 Å². The number of nitrogens with zero attached hydrogens (tertiary/aromatic N) is 5. The predicted molar refractivity (Wildman–Crippen MR) is 121 cm³/mol. The lowest BCUT2D eigenvalue weighted by Crippen LogP contribution is -2.15. The number of anilines is 2. The molecule has 0 aliphatic carbocycles.